The summed E-state index contributed by atoms with van der Waals surface area (Å²) in [5, 5.41) is 0. The predicted octanol–water partition coefficient (Wildman–Crippen LogP) is 9.60. The third kappa shape index (κ3) is 5.56. The Morgan fingerprint density at radius 2 is 1.81 bits per heavy atom. The number of hydrogen-bond donors (Lipinski definition) is 0. The van der Waals surface area contributed by atoms with Gasteiger partial charge in [-0.1, -0.05) is 85.8 Å². The van der Waals surface area contributed by atoms with Gasteiger partial charge in [-0.2, -0.15) is 0 Å². The molecule has 4 rings (SSSR count). The Bertz CT molecular complexity index is 786. The number of allylic oxidation sites excluding steroid dienone is 1. The van der Waals surface area contributed by atoms with Crippen LogP contribution in [-0.4, -0.2) is 18.9 Å². The number of ether oxygens (including phenoxy) is 2. The molecule has 206 valence electrons. The average Bonchev–Trinajstić information content (AvgIpc) is 3.19. The van der Waals surface area contributed by atoms with Gasteiger partial charge in [-0.3, -0.25) is 0 Å². The minimum Gasteiger partial charge on any atom is -0.434 e. The summed E-state index contributed by atoms with van der Waals surface area (Å²) in [4.78, 5) is 12.3. The Kier molecular flexibility index (Phi) is 8.88. The molecule has 4 aliphatic rings. The van der Waals surface area contributed by atoms with E-state index in [0.29, 0.717) is 23.4 Å². The molecule has 0 saturated heterocycles. The van der Waals surface area contributed by atoms with Gasteiger partial charge in [0.25, 0.3) is 0 Å². The normalized spacial score (nSPS) is 39.4. The Labute approximate surface area is 222 Å². The summed E-state index contributed by atoms with van der Waals surface area (Å²) in [6.07, 6.45) is 17.3. The van der Waals surface area contributed by atoms with E-state index in [1.165, 1.54) is 51.4 Å². The highest BCUT2D eigenvalue weighted by Crippen LogP contribution is 2.67. The molecular formula is C33H56O3. The van der Waals surface area contributed by atoms with Crippen LogP contribution in [0.25, 0.3) is 0 Å². The molecule has 0 aromatic heterocycles. The largest absolute Gasteiger partial charge is 0.508 e. The van der Waals surface area contributed by atoms with E-state index in [9.17, 15) is 4.79 Å². The van der Waals surface area contributed by atoms with Crippen LogP contribution < -0.4 is 0 Å². The summed E-state index contributed by atoms with van der Waals surface area (Å²) in [6.45, 7) is 17.2. The van der Waals surface area contributed by atoms with Crippen LogP contribution in [0.15, 0.2) is 11.6 Å². The highest BCUT2D eigenvalue weighted by Gasteiger charge is 2.59. The maximum Gasteiger partial charge on any atom is 0.508 e. The second kappa shape index (κ2) is 11.4. The van der Waals surface area contributed by atoms with Gasteiger partial charge >= 0.3 is 6.16 Å². The number of carbonyl (C=O) groups is 1. The van der Waals surface area contributed by atoms with Crippen molar-refractivity contribution in [2.24, 2.45) is 52.3 Å². The van der Waals surface area contributed by atoms with Crippen molar-refractivity contribution in [1.29, 1.82) is 0 Å². The summed E-state index contributed by atoms with van der Waals surface area (Å²) in [6, 6.07) is 0. The van der Waals surface area contributed by atoms with Gasteiger partial charge in [-0.15, -0.1) is 0 Å². The molecule has 4 aliphatic carbocycles. The summed E-state index contributed by atoms with van der Waals surface area (Å²) >= 11 is 0. The Morgan fingerprint density at radius 3 is 2.53 bits per heavy atom. The maximum atomic E-state index is 12.3. The van der Waals surface area contributed by atoms with Crippen molar-refractivity contribution in [3.63, 3.8) is 0 Å². The van der Waals surface area contributed by atoms with Crippen LogP contribution in [0, 0.1) is 52.3 Å². The van der Waals surface area contributed by atoms with Gasteiger partial charge in [0.15, 0.2) is 0 Å². The van der Waals surface area contributed by atoms with Crippen LogP contribution >= 0.6 is 0 Å². The molecule has 3 nitrogen and oxygen atoms in total. The van der Waals surface area contributed by atoms with Crippen LogP contribution in [0.2, 0.25) is 0 Å². The zero-order chi connectivity index (χ0) is 26.1. The average molecular weight is 501 g/mol. The van der Waals surface area contributed by atoms with Gasteiger partial charge in [0, 0.05) is 6.42 Å². The molecule has 3 heteroatoms. The molecule has 0 N–H and O–H groups in total. The van der Waals surface area contributed by atoms with E-state index in [4.69, 9.17) is 9.47 Å². The number of carbonyl (C=O) groups excluding carboxylic acids is 1. The van der Waals surface area contributed by atoms with E-state index in [-0.39, 0.29) is 6.10 Å². The smallest absolute Gasteiger partial charge is 0.434 e. The Morgan fingerprint density at radius 1 is 1.03 bits per heavy atom. The minimum atomic E-state index is -0.467. The fourth-order valence-corrected chi connectivity index (χ4v) is 9.25. The molecule has 0 unspecified atom stereocenters. The van der Waals surface area contributed by atoms with Crippen LogP contribution in [0.5, 0.6) is 0 Å². The lowest BCUT2D eigenvalue weighted by Crippen LogP contribution is -2.51. The van der Waals surface area contributed by atoms with Crippen molar-refractivity contribution < 1.29 is 14.3 Å². The number of hydrogen-bond acceptors (Lipinski definition) is 3. The molecule has 0 aromatic rings. The molecule has 0 amide bonds. The van der Waals surface area contributed by atoms with E-state index in [1.54, 1.807) is 5.57 Å². The first kappa shape index (κ1) is 28.0. The predicted molar refractivity (Wildman–Crippen MR) is 149 cm³/mol. The van der Waals surface area contributed by atoms with Gasteiger partial charge in [0.05, 0.1) is 6.61 Å². The topological polar surface area (TPSA) is 35.5 Å². The Hall–Kier alpha value is -0.990. The molecule has 36 heavy (non-hydrogen) atoms. The van der Waals surface area contributed by atoms with Crippen LogP contribution in [-0.2, 0) is 9.47 Å². The van der Waals surface area contributed by atoms with Gasteiger partial charge < -0.3 is 9.47 Å². The molecule has 0 bridgehead atoms. The molecule has 3 fully saturated rings. The van der Waals surface area contributed by atoms with Crippen molar-refractivity contribution in [2.45, 2.75) is 132 Å². The fourth-order valence-electron chi connectivity index (χ4n) is 9.25. The van der Waals surface area contributed by atoms with E-state index in [1.807, 2.05) is 0 Å². The van der Waals surface area contributed by atoms with Crippen molar-refractivity contribution >= 4 is 6.16 Å². The van der Waals surface area contributed by atoms with Gasteiger partial charge in [0.2, 0.25) is 0 Å². The third-order valence-corrected chi connectivity index (χ3v) is 11.7. The first-order valence-electron chi connectivity index (χ1n) is 15.6. The van der Waals surface area contributed by atoms with Crippen LogP contribution in [0.1, 0.15) is 126 Å². The summed E-state index contributed by atoms with van der Waals surface area (Å²) in [5.41, 5.74) is 2.42. The Balaban J connectivity index is 1.38. The molecule has 0 spiro atoms. The highest BCUT2D eigenvalue weighted by atomic mass is 16.7. The second-order valence-electron chi connectivity index (χ2n) is 14.3. The summed E-state index contributed by atoms with van der Waals surface area (Å²) in [7, 11) is 0. The molecular weight excluding hydrogens is 444 g/mol. The highest BCUT2D eigenvalue weighted by molar-refractivity contribution is 5.60. The molecule has 9 atom stereocenters. The van der Waals surface area contributed by atoms with Crippen LogP contribution in [0.4, 0.5) is 4.79 Å². The molecule has 0 radical (unpaired) electrons. The lowest BCUT2D eigenvalue weighted by Gasteiger charge is -2.58. The second-order valence-corrected chi connectivity index (χ2v) is 14.3. The van der Waals surface area contributed by atoms with Gasteiger partial charge in [-0.25, -0.2) is 4.79 Å². The quantitative estimate of drug-likeness (QED) is 0.233. The van der Waals surface area contributed by atoms with E-state index >= 15 is 0 Å². The first-order valence-corrected chi connectivity index (χ1v) is 15.6. The van der Waals surface area contributed by atoms with Crippen molar-refractivity contribution in [3.05, 3.63) is 11.6 Å². The zero-order valence-corrected chi connectivity index (χ0v) is 24.6. The van der Waals surface area contributed by atoms with Crippen LogP contribution in [0.3, 0.4) is 0 Å². The third-order valence-electron chi connectivity index (χ3n) is 11.7. The minimum absolute atomic E-state index is 0.0123. The number of rotatable bonds is 9. The monoisotopic (exact) mass is 500 g/mol. The molecule has 3 saturated carbocycles. The van der Waals surface area contributed by atoms with E-state index in [2.05, 4.69) is 54.5 Å². The first-order chi connectivity index (χ1) is 17.1. The SMILES string of the molecule is CC[C@H](C)COC(=O)O[C@H]1CC[C@@]2(C)C(=CC[C@@H]3[C@H]4CC[C@@H]([C@H](C)CCCC(C)C)[C@@]4(C)CC[C@H]32)C1. The summed E-state index contributed by atoms with van der Waals surface area (Å²) < 4.78 is 11.2. The van der Waals surface area contributed by atoms with Crippen molar-refractivity contribution in [3.8, 4) is 0 Å². The summed E-state index contributed by atoms with van der Waals surface area (Å²) in [5.74, 6) is 5.56. The molecule has 0 aromatic carbocycles. The van der Waals surface area contributed by atoms with Gasteiger partial charge in [-0.05, 0) is 97.2 Å². The van der Waals surface area contributed by atoms with Crippen molar-refractivity contribution in [1.82, 2.24) is 0 Å². The lowest BCUT2D eigenvalue weighted by atomic mass is 9.47. The molecule has 0 aliphatic heterocycles. The zero-order valence-electron chi connectivity index (χ0n) is 24.6. The van der Waals surface area contributed by atoms with E-state index in [0.717, 1.165) is 61.2 Å². The lowest BCUT2D eigenvalue weighted by molar-refractivity contribution is -0.0621. The van der Waals surface area contributed by atoms with E-state index < -0.39 is 6.16 Å². The fraction of sp³-hybridized carbons (Fsp3) is 0.909. The van der Waals surface area contributed by atoms with Gasteiger partial charge in [0.1, 0.15) is 6.10 Å². The number of fused-ring (bicyclic) bond motifs is 5. The standard InChI is InChI=1S/C33H56O3/c1-8-23(4)21-35-31(34)36-26-16-18-32(6)25(20-26)12-13-27-29-15-14-28(24(5)11-9-10-22(2)3)33(29,7)19-17-30(27)32/h12,22-24,26-30H,8-11,13-21H2,1-7H3/t23-,24+,26-,27+,28-,29+,30+,32-,33+/m0/s1. The molecule has 0 heterocycles. The van der Waals surface area contributed by atoms with Crippen molar-refractivity contribution in [2.75, 3.05) is 6.61 Å². The maximum absolute atomic E-state index is 12.3.